The monoisotopic (exact) mass is 572 g/mol. The van der Waals surface area contributed by atoms with Gasteiger partial charge in [-0.1, -0.05) is 51.1 Å². The van der Waals surface area contributed by atoms with Crippen LogP contribution in [0.15, 0.2) is 48.6 Å². The quantitative estimate of drug-likeness (QED) is 0.118. The van der Waals surface area contributed by atoms with Crippen LogP contribution in [0.4, 0.5) is 13.2 Å². The molecular formula is C29H43F3O6Si. The molecule has 0 amide bonds. The topological polar surface area (TPSA) is 96.2 Å². The van der Waals surface area contributed by atoms with E-state index < -0.39 is 38.2 Å². The Labute approximate surface area is 230 Å². The van der Waals surface area contributed by atoms with Crippen molar-refractivity contribution in [1.29, 1.82) is 0 Å². The first-order chi connectivity index (χ1) is 18.4. The molecule has 1 fully saturated rings. The highest BCUT2D eigenvalue weighted by Crippen LogP contribution is 2.41. The summed E-state index contributed by atoms with van der Waals surface area (Å²) in [5, 5.41) is 30.3. The predicted molar refractivity (Wildman–Crippen MR) is 147 cm³/mol. The van der Waals surface area contributed by atoms with Crippen molar-refractivity contribution in [3.05, 3.63) is 54.1 Å². The zero-order chi connectivity index (χ0) is 29.1. The molecule has 3 N–H and O–H groups in total. The molecule has 1 aromatic rings. The Morgan fingerprint density at radius 1 is 1.18 bits per heavy atom. The lowest BCUT2D eigenvalue weighted by atomic mass is 9.89. The summed E-state index contributed by atoms with van der Waals surface area (Å²) in [6.07, 6.45) is 3.35. The lowest BCUT2D eigenvalue weighted by Crippen LogP contribution is -2.41. The summed E-state index contributed by atoms with van der Waals surface area (Å²) in [6, 6.07) is 7.41. The number of carboxylic acid groups (broad SMARTS) is 1. The zero-order valence-corrected chi connectivity index (χ0v) is 24.1. The Morgan fingerprint density at radius 3 is 2.49 bits per heavy atom. The first kappa shape index (κ1) is 33.1. The standard InChI is InChI=1S/C29H43F3O6Si/c1-4-39(5-2,6-3)38-27-19-26(34)24(14-9-7-8-10-15-28(35)36)25(27)17-16-22(33)20-37-23-13-11-12-21(18-23)29(30,31)32/h7,9,11-13,16-18,22,24-27,33-34H,4-6,8,10,14-15,19-20H2,1-3H3,(H,35,36)/b9-7-,17-16+/t22-,24-,25-,26+,27?/m1/s1. The highest BCUT2D eigenvalue weighted by molar-refractivity contribution is 6.73. The number of benzene rings is 1. The minimum absolute atomic E-state index is 0.0188. The van der Waals surface area contributed by atoms with Crippen LogP contribution < -0.4 is 4.74 Å². The summed E-state index contributed by atoms with van der Waals surface area (Å²) in [6.45, 7) is 6.20. The normalized spacial score (nSPS) is 23.1. The number of rotatable bonds is 16. The molecule has 0 saturated heterocycles. The van der Waals surface area contributed by atoms with Gasteiger partial charge in [0.1, 0.15) is 18.5 Å². The summed E-state index contributed by atoms with van der Waals surface area (Å²) in [5.41, 5.74) is -0.820. The molecule has 1 saturated carbocycles. The number of halogens is 3. The van der Waals surface area contributed by atoms with E-state index in [9.17, 15) is 28.2 Å². The van der Waals surface area contributed by atoms with E-state index >= 15 is 0 Å². The molecule has 0 spiro atoms. The van der Waals surface area contributed by atoms with Crippen LogP contribution in [0.3, 0.4) is 0 Å². The van der Waals surface area contributed by atoms with Gasteiger partial charge in [0.05, 0.1) is 17.8 Å². The van der Waals surface area contributed by atoms with Crippen LogP contribution in [-0.4, -0.2) is 54.5 Å². The van der Waals surface area contributed by atoms with E-state index in [1.165, 1.54) is 12.1 Å². The molecule has 6 nitrogen and oxygen atoms in total. The molecule has 1 aliphatic rings. The summed E-state index contributed by atoms with van der Waals surface area (Å²) in [7, 11) is -1.98. The molecule has 0 heterocycles. The number of hydrogen-bond donors (Lipinski definition) is 3. The fourth-order valence-corrected chi connectivity index (χ4v) is 8.02. The first-order valence-electron chi connectivity index (χ1n) is 13.8. The second-order valence-electron chi connectivity index (χ2n) is 10.2. The zero-order valence-electron chi connectivity index (χ0n) is 23.1. The second-order valence-corrected chi connectivity index (χ2v) is 14.9. The molecule has 1 aliphatic carbocycles. The second kappa shape index (κ2) is 15.6. The van der Waals surface area contributed by atoms with Crippen molar-refractivity contribution in [1.82, 2.24) is 0 Å². The number of ether oxygens (including phenoxy) is 1. The highest BCUT2D eigenvalue weighted by Gasteiger charge is 2.44. The Balaban J connectivity index is 2.12. The van der Waals surface area contributed by atoms with E-state index in [2.05, 4.69) is 20.8 Å². The maximum atomic E-state index is 13.0. The van der Waals surface area contributed by atoms with Crippen LogP contribution in [-0.2, 0) is 15.4 Å². The molecule has 0 aromatic heterocycles. The molecular weight excluding hydrogens is 529 g/mol. The van der Waals surface area contributed by atoms with Gasteiger partial charge in [-0.25, -0.2) is 0 Å². The van der Waals surface area contributed by atoms with Crippen molar-refractivity contribution in [3.63, 3.8) is 0 Å². The number of carboxylic acids is 1. The fraction of sp³-hybridized carbons (Fsp3) is 0.621. The largest absolute Gasteiger partial charge is 0.491 e. The van der Waals surface area contributed by atoms with Crippen LogP contribution >= 0.6 is 0 Å². The van der Waals surface area contributed by atoms with Gasteiger partial charge in [-0.2, -0.15) is 13.2 Å². The van der Waals surface area contributed by atoms with E-state index in [-0.39, 0.29) is 36.7 Å². The minimum Gasteiger partial charge on any atom is -0.491 e. The molecule has 39 heavy (non-hydrogen) atoms. The molecule has 0 bridgehead atoms. The molecule has 2 rings (SSSR count). The van der Waals surface area contributed by atoms with E-state index in [0.29, 0.717) is 25.7 Å². The summed E-state index contributed by atoms with van der Waals surface area (Å²) < 4.78 is 51.1. The average molecular weight is 573 g/mol. The van der Waals surface area contributed by atoms with Gasteiger partial charge in [-0.05, 0) is 67.9 Å². The molecule has 0 radical (unpaired) electrons. The van der Waals surface area contributed by atoms with Gasteiger partial charge in [0.2, 0.25) is 0 Å². The lowest BCUT2D eigenvalue weighted by Gasteiger charge is -2.34. The number of carbonyl (C=O) groups is 1. The van der Waals surface area contributed by atoms with Gasteiger partial charge in [-0.15, -0.1) is 0 Å². The summed E-state index contributed by atoms with van der Waals surface area (Å²) >= 11 is 0. The first-order valence-corrected chi connectivity index (χ1v) is 16.4. The SMILES string of the molecule is CC[Si](CC)(CC)OC1C[C@H](O)[C@H](C/C=C\CCCC(=O)O)[C@H]1/C=C/[C@@H](O)COc1cccc(C(F)(F)F)c1. The van der Waals surface area contributed by atoms with Crippen molar-refractivity contribution in [2.45, 2.75) is 95.5 Å². The van der Waals surface area contributed by atoms with E-state index in [0.717, 1.165) is 30.3 Å². The number of allylic oxidation sites excluding steroid dienone is 2. The maximum absolute atomic E-state index is 13.0. The van der Waals surface area contributed by atoms with Crippen molar-refractivity contribution in [2.75, 3.05) is 6.61 Å². The van der Waals surface area contributed by atoms with Crippen LogP contribution in [0.2, 0.25) is 18.1 Å². The molecule has 220 valence electrons. The van der Waals surface area contributed by atoms with Gasteiger partial charge in [0, 0.05) is 12.3 Å². The van der Waals surface area contributed by atoms with E-state index in [1.54, 1.807) is 6.08 Å². The Bertz CT molecular complexity index is 939. The smallest absolute Gasteiger partial charge is 0.416 e. The average Bonchev–Trinajstić information content (AvgIpc) is 3.19. The van der Waals surface area contributed by atoms with Gasteiger partial charge in [-0.3, -0.25) is 4.79 Å². The maximum Gasteiger partial charge on any atom is 0.416 e. The van der Waals surface area contributed by atoms with Crippen molar-refractivity contribution < 1.29 is 42.4 Å². The molecule has 5 atom stereocenters. The summed E-state index contributed by atoms with van der Waals surface area (Å²) in [5.74, 6) is -1.12. The van der Waals surface area contributed by atoms with Crippen LogP contribution in [0.1, 0.15) is 58.4 Å². The number of hydrogen-bond acceptors (Lipinski definition) is 5. The van der Waals surface area contributed by atoms with Gasteiger partial charge >= 0.3 is 12.1 Å². The highest BCUT2D eigenvalue weighted by atomic mass is 28.4. The number of aliphatic hydroxyl groups is 2. The molecule has 0 aliphatic heterocycles. The van der Waals surface area contributed by atoms with Crippen molar-refractivity contribution in [3.8, 4) is 5.75 Å². The number of aliphatic hydroxyl groups excluding tert-OH is 2. The fourth-order valence-electron chi connectivity index (χ4n) is 5.13. The number of unbranched alkanes of at least 4 members (excludes halogenated alkanes) is 1. The van der Waals surface area contributed by atoms with Crippen molar-refractivity contribution >= 4 is 14.3 Å². The summed E-state index contributed by atoms with van der Waals surface area (Å²) in [4.78, 5) is 10.7. The Kier molecular flexibility index (Phi) is 13.2. The minimum atomic E-state index is -4.48. The third kappa shape index (κ3) is 10.4. The predicted octanol–water partition coefficient (Wildman–Crippen LogP) is 6.59. The Hall–Kier alpha value is -2.14. The molecule has 1 unspecified atom stereocenters. The third-order valence-electron chi connectivity index (χ3n) is 7.70. The Morgan fingerprint density at radius 2 is 1.87 bits per heavy atom. The number of aliphatic carboxylic acids is 1. The van der Waals surface area contributed by atoms with Gasteiger partial charge in [0.25, 0.3) is 0 Å². The number of alkyl halides is 3. The lowest BCUT2D eigenvalue weighted by molar-refractivity contribution is -0.138. The van der Waals surface area contributed by atoms with Crippen LogP contribution in [0.25, 0.3) is 0 Å². The van der Waals surface area contributed by atoms with Crippen molar-refractivity contribution in [2.24, 2.45) is 11.8 Å². The van der Waals surface area contributed by atoms with Crippen LogP contribution in [0, 0.1) is 11.8 Å². The van der Waals surface area contributed by atoms with Crippen LogP contribution in [0.5, 0.6) is 5.75 Å². The molecule has 10 heteroatoms. The van der Waals surface area contributed by atoms with E-state index in [1.807, 2.05) is 18.2 Å². The molecule has 1 aromatic carbocycles. The third-order valence-corrected chi connectivity index (χ3v) is 12.4. The van der Waals surface area contributed by atoms with Gasteiger partial charge in [0.15, 0.2) is 8.32 Å². The van der Waals surface area contributed by atoms with Gasteiger partial charge < -0.3 is 24.5 Å². The van der Waals surface area contributed by atoms with E-state index in [4.69, 9.17) is 14.3 Å².